The van der Waals surface area contributed by atoms with Crippen LogP contribution < -0.4 is 5.32 Å². The zero-order valence-corrected chi connectivity index (χ0v) is 17.1. The molecule has 1 amide bonds. The van der Waals surface area contributed by atoms with Crippen LogP contribution in [0, 0.1) is 0 Å². The van der Waals surface area contributed by atoms with Gasteiger partial charge < -0.3 is 14.5 Å². The second-order valence-corrected chi connectivity index (χ2v) is 9.12. The highest BCUT2D eigenvalue weighted by atomic mass is 32.2. The van der Waals surface area contributed by atoms with Gasteiger partial charge in [-0.3, -0.25) is 9.79 Å². The van der Waals surface area contributed by atoms with E-state index in [2.05, 4.69) is 10.3 Å². The van der Waals surface area contributed by atoms with Gasteiger partial charge in [0.05, 0.1) is 6.54 Å². The lowest BCUT2D eigenvalue weighted by atomic mass is 10.1. The third-order valence-corrected chi connectivity index (χ3v) is 7.11. The highest BCUT2D eigenvalue weighted by Crippen LogP contribution is 2.32. The molecule has 2 aromatic rings. The van der Waals surface area contributed by atoms with Crippen LogP contribution in [0.1, 0.15) is 41.8 Å². The van der Waals surface area contributed by atoms with Gasteiger partial charge in [-0.25, -0.2) is 4.79 Å². The molecule has 1 aliphatic carbocycles. The lowest BCUT2D eigenvalue weighted by molar-refractivity contribution is -0.124. The van der Waals surface area contributed by atoms with Crippen LogP contribution >= 0.6 is 23.5 Å². The van der Waals surface area contributed by atoms with Crippen molar-refractivity contribution in [3.05, 3.63) is 35.6 Å². The molecule has 1 fully saturated rings. The van der Waals surface area contributed by atoms with E-state index in [1.54, 1.807) is 23.5 Å². The van der Waals surface area contributed by atoms with E-state index in [1.165, 1.54) is 0 Å². The number of fused-ring (bicyclic) bond motifs is 1. The quantitative estimate of drug-likeness (QED) is 0.715. The molecule has 28 heavy (non-hydrogen) atoms. The van der Waals surface area contributed by atoms with E-state index in [0.717, 1.165) is 53.3 Å². The van der Waals surface area contributed by atoms with Crippen LogP contribution in [0.3, 0.4) is 0 Å². The van der Waals surface area contributed by atoms with Gasteiger partial charge in [0.25, 0.3) is 5.91 Å². The Hall–Kier alpha value is -1.93. The number of amides is 1. The molecular weight excluding hydrogens is 396 g/mol. The van der Waals surface area contributed by atoms with Gasteiger partial charge in [0.1, 0.15) is 9.96 Å². The SMILES string of the molecule is O=C(COC(=O)c1oc2ccccc2c1CSC1=NCCS1)NC1CCCC1. The van der Waals surface area contributed by atoms with Gasteiger partial charge in [-0.05, 0) is 18.9 Å². The minimum atomic E-state index is -0.602. The Morgan fingerprint density at radius 2 is 2.11 bits per heavy atom. The van der Waals surface area contributed by atoms with Gasteiger partial charge in [0.15, 0.2) is 6.61 Å². The van der Waals surface area contributed by atoms with E-state index >= 15 is 0 Å². The Balaban J connectivity index is 1.44. The molecule has 0 atom stereocenters. The first-order chi connectivity index (χ1) is 13.7. The smallest absolute Gasteiger partial charge is 0.375 e. The fraction of sp³-hybridized carbons (Fsp3) is 0.450. The maximum atomic E-state index is 12.6. The predicted octanol–water partition coefficient (Wildman–Crippen LogP) is 3.98. The molecule has 0 bridgehead atoms. The summed E-state index contributed by atoms with van der Waals surface area (Å²) in [4.78, 5) is 29.1. The minimum absolute atomic E-state index is 0.172. The van der Waals surface area contributed by atoms with Crippen LogP contribution in [0.2, 0.25) is 0 Å². The normalized spacial score (nSPS) is 17.1. The van der Waals surface area contributed by atoms with Gasteiger partial charge in [0.2, 0.25) is 5.76 Å². The van der Waals surface area contributed by atoms with Crippen LogP contribution in [0.25, 0.3) is 11.0 Å². The number of esters is 1. The highest BCUT2D eigenvalue weighted by Gasteiger charge is 2.24. The van der Waals surface area contributed by atoms with Crippen molar-refractivity contribution >= 4 is 50.7 Å². The summed E-state index contributed by atoms with van der Waals surface area (Å²) in [5.74, 6) is 0.880. The van der Waals surface area contributed by atoms with Crippen molar-refractivity contribution in [1.82, 2.24) is 5.32 Å². The van der Waals surface area contributed by atoms with Gasteiger partial charge in [-0.1, -0.05) is 54.6 Å². The van der Waals surface area contributed by atoms with Crippen molar-refractivity contribution in [2.24, 2.45) is 4.99 Å². The van der Waals surface area contributed by atoms with E-state index < -0.39 is 5.97 Å². The van der Waals surface area contributed by atoms with Crippen molar-refractivity contribution in [1.29, 1.82) is 0 Å². The predicted molar refractivity (Wildman–Crippen MR) is 113 cm³/mol. The molecule has 0 radical (unpaired) electrons. The number of hydrogen-bond donors (Lipinski definition) is 1. The van der Waals surface area contributed by atoms with Crippen LogP contribution in [0.15, 0.2) is 33.7 Å². The Labute approximate surface area is 171 Å². The average Bonchev–Trinajstić information content (AvgIpc) is 3.45. The molecule has 1 N–H and O–H groups in total. The maximum absolute atomic E-state index is 12.6. The first-order valence-electron chi connectivity index (χ1n) is 9.47. The zero-order valence-electron chi connectivity index (χ0n) is 15.4. The summed E-state index contributed by atoms with van der Waals surface area (Å²) < 4.78 is 12.1. The number of rotatable bonds is 6. The van der Waals surface area contributed by atoms with Crippen molar-refractivity contribution in [2.75, 3.05) is 18.9 Å². The number of nitrogens with one attached hydrogen (secondary N) is 1. The van der Waals surface area contributed by atoms with E-state index in [1.807, 2.05) is 24.3 Å². The van der Waals surface area contributed by atoms with Crippen molar-refractivity contribution in [3.8, 4) is 0 Å². The fourth-order valence-electron chi connectivity index (χ4n) is 3.48. The zero-order chi connectivity index (χ0) is 19.3. The van der Waals surface area contributed by atoms with E-state index in [0.29, 0.717) is 11.3 Å². The third kappa shape index (κ3) is 4.55. The number of carbonyl (C=O) groups excluding carboxylic acids is 2. The minimum Gasteiger partial charge on any atom is -0.450 e. The molecule has 1 aliphatic heterocycles. The average molecular weight is 419 g/mol. The Kier molecular flexibility index (Phi) is 6.26. The first kappa shape index (κ1) is 19.4. The first-order valence-corrected chi connectivity index (χ1v) is 11.4. The van der Waals surface area contributed by atoms with Crippen LogP contribution in [-0.2, 0) is 15.3 Å². The Morgan fingerprint density at radius 1 is 1.29 bits per heavy atom. The summed E-state index contributed by atoms with van der Waals surface area (Å²) in [6.07, 6.45) is 4.25. The van der Waals surface area contributed by atoms with Crippen LogP contribution in [0.4, 0.5) is 0 Å². The molecule has 1 aromatic heterocycles. The molecular formula is C20H22N2O4S2. The van der Waals surface area contributed by atoms with E-state index in [9.17, 15) is 9.59 Å². The van der Waals surface area contributed by atoms with Gasteiger partial charge in [0, 0.05) is 28.5 Å². The third-order valence-electron chi connectivity index (χ3n) is 4.84. The number of para-hydroxylation sites is 1. The van der Waals surface area contributed by atoms with Crippen molar-refractivity contribution in [2.45, 2.75) is 37.5 Å². The number of furan rings is 1. The summed E-state index contributed by atoms with van der Waals surface area (Å²) in [5.41, 5.74) is 1.43. The molecule has 1 saturated carbocycles. The molecule has 2 aliphatic rings. The fourth-order valence-corrected chi connectivity index (χ4v) is 5.52. The summed E-state index contributed by atoms with van der Waals surface area (Å²) in [6.45, 7) is 0.547. The van der Waals surface area contributed by atoms with Gasteiger partial charge in [-0.15, -0.1) is 0 Å². The molecule has 6 nitrogen and oxygen atoms in total. The Bertz CT molecular complexity index is 903. The largest absolute Gasteiger partial charge is 0.450 e. The number of nitrogens with zero attached hydrogens (tertiary/aromatic N) is 1. The second kappa shape index (κ2) is 9.05. The molecule has 1 aromatic carbocycles. The van der Waals surface area contributed by atoms with E-state index in [-0.39, 0.29) is 24.3 Å². The second-order valence-electron chi connectivity index (χ2n) is 6.82. The standard InChI is InChI=1S/C20H22N2O4S2/c23-17(22-13-5-1-2-6-13)11-25-19(24)18-15(12-28-20-21-9-10-27-20)14-7-3-4-8-16(14)26-18/h3-4,7-8,13H,1-2,5-6,9-12H2,(H,22,23). The Morgan fingerprint density at radius 3 is 2.89 bits per heavy atom. The van der Waals surface area contributed by atoms with Crippen LogP contribution in [0.5, 0.6) is 0 Å². The molecule has 4 rings (SSSR count). The summed E-state index contributed by atoms with van der Waals surface area (Å²) >= 11 is 3.33. The number of carbonyl (C=O) groups is 2. The van der Waals surface area contributed by atoms with Gasteiger partial charge in [-0.2, -0.15) is 0 Å². The lowest BCUT2D eigenvalue weighted by Crippen LogP contribution is -2.35. The summed E-state index contributed by atoms with van der Waals surface area (Å²) in [5, 5.41) is 3.81. The number of hydrogen-bond acceptors (Lipinski definition) is 7. The molecule has 148 valence electrons. The van der Waals surface area contributed by atoms with E-state index in [4.69, 9.17) is 9.15 Å². The lowest BCUT2D eigenvalue weighted by Gasteiger charge is -2.11. The van der Waals surface area contributed by atoms with Crippen LogP contribution in [-0.4, -0.2) is 41.2 Å². The highest BCUT2D eigenvalue weighted by molar-refractivity contribution is 8.38. The molecule has 2 heterocycles. The summed E-state index contributed by atoms with van der Waals surface area (Å²) in [6, 6.07) is 7.74. The van der Waals surface area contributed by atoms with Crippen molar-refractivity contribution < 1.29 is 18.7 Å². The molecule has 0 unspecified atom stereocenters. The molecule has 0 saturated heterocycles. The molecule has 8 heteroatoms. The van der Waals surface area contributed by atoms with Crippen molar-refractivity contribution in [3.63, 3.8) is 0 Å². The topological polar surface area (TPSA) is 80.9 Å². The number of aliphatic imine (C=N–C) groups is 1. The number of ether oxygens (including phenoxy) is 1. The number of benzene rings is 1. The van der Waals surface area contributed by atoms with Gasteiger partial charge >= 0.3 is 5.97 Å². The maximum Gasteiger partial charge on any atom is 0.375 e. The summed E-state index contributed by atoms with van der Waals surface area (Å²) in [7, 11) is 0. The monoisotopic (exact) mass is 418 g/mol. The molecule has 0 spiro atoms. The number of thioether (sulfide) groups is 2.